The number of rotatable bonds is 4. The largest absolute Gasteiger partial charge is 0.352 e. The first-order valence-electron chi connectivity index (χ1n) is 5.60. The van der Waals surface area contributed by atoms with Crippen LogP contribution in [-0.4, -0.2) is 23.1 Å². The van der Waals surface area contributed by atoms with Gasteiger partial charge in [0, 0.05) is 25.5 Å². The summed E-state index contributed by atoms with van der Waals surface area (Å²) < 4.78 is 0. The molecule has 4 nitrogen and oxygen atoms in total. The summed E-state index contributed by atoms with van der Waals surface area (Å²) in [7, 11) is 0. The topological polar surface area (TPSA) is 49.0 Å². The maximum atomic E-state index is 11.5. The summed E-state index contributed by atoms with van der Waals surface area (Å²) in [6.45, 7) is 3.87. The van der Waals surface area contributed by atoms with Gasteiger partial charge in [-0.25, -0.2) is 4.98 Å². The predicted molar refractivity (Wildman–Crippen MR) is 60.1 cm³/mol. The lowest BCUT2D eigenvalue weighted by atomic mass is 9.85. The summed E-state index contributed by atoms with van der Waals surface area (Å²) in [5.41, 5.74) is -0.0846. The van der Waals surface area contributed by atoms with Crippen LogP contribution in [0.25, 0.3) is 0 Å². The highest BCUT2D eigenvalue weighted by Gasteiger charge is 2.21. The average molecular weight is 207 g/mol. The van der Waals surface area contributed by atoms with Gasteiger partial charge in [0.25, 0.3) is 5.56 Å². The zero-order valence-electron chi connectivity index (χ0n) is 9.07. The first-order valence-corrected chi connectivity index (χ1v) is 5.60. The van der Waals surface area contributed by atoms with E-state index in [-0.39, 0.29) is 5.56 Å². The molecule has 82 valence electrons. The Kier molecular flexibility index (Phi) is 3.04. The number of nitrogens with one attached hydrogen (secondary N) is 1. The van der Waals surface area contributed by atoms with E-state index in [2.05, 4.69) is 21.8 Å². The summed E-state index contributed by atoms with van der Waals surface area (Å²) in [5.74, 6) is 1.32. The Morgan fingerprint density at radius 1 is 1.60 bits per heavy atom. The van der Waals surface area contributed by atoms with Gasteiger partial charge in [-0.1, -0.05) is 6.42 Å². The molecule has 1 aromatic rings. The van der Waals surface area contributed by atoms with Crippen LogP contribution in [0.1, 0.15) is 26.2 Å². The summed E-state index contributed by atoms with van der Waals surface area (Å²) >= 11 is 0. The molecule has 0 atom stereocenters. The second-order valence-electron chi connectivity index (χ2n) is 4.08. The van der Waals surface area contributed by atoms with E-state index in [1.807, 2.05) is 0 Å². The molecule has 1 aromatic heterocycles. The Bertz CT molecular complexity index is 370. The number of hydrogen-bond donors (Lipinski definition) is 1. The molecule has 0 unspecified atom stereocenters. The lowest BCUT2D eigenvalue weighted by Gasteiger charge is -2.31. The van der Waals surface area contributed by atoms with Crippen LogP contribution in [0.2, 0.25) is 0 Å². The van der Waals surface area contributed by atoms with Crippen molar-refractivity contribution < 1.29 is 0 Å². The molecule has 4 heteroatoms. The Morgan fingerprint density at radius 2 is 2.40 bits per heavy atom. The van der Waals surface area contributed by atoms with Crippen LogP contribution in [0.3, 0.4) is 0 Å². The van der Waals surface area contributed by atoms with Crippen molar-refractivity contribution in [2.75, 3.05) is 18.0 Å². The van der Waals surface area contributed by atoms with E-state index in [0.717, 1.165) is 19.0 Å². The van der Waals surface area contributed by atoms with Crippen molar-refractivity contribution in [1.29, 1.82) is 0 Å². The van der Waals surface area contributed by atoms with Crippen molar-refractivity contribution in [3.8, 4) is 0 Å². The molecule has 1 N–H and O–H groups in total. The first kappa shape index (κ1) is 10.2. The number of hydrogen-bond acceptors (Lipinski definition) is 3. The van der Waals surface area contributed by atoms with Gasteiger partial charge in [-0.05, 0) is 25.7 Å². The van der Waals surface area contributed by atoms with Crippen molar-refractivity contribution in [2.45, 2.75) is 26.2 Å². The predicted octanol–water partition coefficient (Wildman–Crippen LogP) is 1.40. The number of anilines is 1. The SMILES string of the molecule is CCN(CC1CCC1)c1ncc[nH]c1=O. The lowest BCUT2D eigenvalue weighted by Crippen LogP contribution is -2.36. The highest BCUT2D eigenvalue weighted by atomic mass is 16.1. The van der Waals surface area contributed by atoms with Crippen LogP contribution in [0, 0.1) is 5.92 Å². The van der Waals surface area contributed by atoms with E-state index in [1.54, 1.807) is 12.4 Å². The summed E-state index contributed by atoms with van der Waals surface area (Å²) in [6.07, 6.45) is 7.13. The molecule has 0 bridgehead atoms. The minimum absolute atomic E-state index is 0.0846. The van der Waals surface area contributed by atoms with E-state index in [9.17, 15) is 4.79 Å². The Morgan fingerprint density at radius 3 is 2.93 bits per heavy atom. The molecule has 0 aliphatic heterocycles. The van der Waals surface area contributed by atoms with Crippen LogP contribution in [0.5, 0.6) is 0 Å². The molecule has 1 aliphatic rings. The van der Waals surface area contributed by atoms with Gasteiger partial charge in [-0.3, -0.25) is 4.79 Å². The summed E-state index contributed by atoms with van der Waals surface area (Å²) in [4.78, 5) is 20.4. The number of H-pyrrole nitrogens is 1. The molecule has 0 radical (unpaired) electrons. The van der Waals surface area contributed by atoms with Gasteiger partial charge in [-0.2, -0.15) is 0 Å². The smallest absolute Gasteiger partial charge is 0.290 e. The molecule has 0 spiro atoms. The van der Waals surface area contributed by atoms with Crippen LogP contribution in [-0.2, 0) is 0 Å². The average Bonchev–Trinajstić information content (AvgIpc) is 2.19. The van der Waals surface area contributed by atoms with E-state index in [1.165, 1.54) is 19.3 Å². The maximum Gasteiger partial charge on any atom is 0.290 e. The normalized spacial score (nSPS) is 16.1. The molecule has 1 heterocycles. The standard InChI is InChI=1S/C11H17N3O/c1-2-14(8-9-4-3-5-9)10-11(15)13-7-6-12-10/h6-7,9H,2-5,8H2,1H3,(H,13,15). The van der Waals surface area contributed by atoms with Gasteiger partial charge < -0.3 is 9.88 Å². The van der Waals surface area contributed by atoms with Crippen molar-refractivity contribution in [3.63, 3.8) is 0 Å². The van der Waals surface area contributed by atoms with E-state index >= 15 is 0 Å². The minimum Gasteiger partial charge on any atom is -0.352 e. The molecular formula is C11H17N3O. The fraction of sp³-hybridized carbons (Fsp3) is 0.636. The summed E-state index contributed by atoms with van der Waals surface area (Å²) in [5, 5.41) is 0. The summed E-state index contributed by atoms with van der Waals surface area (Å²) in [6, 6.07) is 0. The minimum atomic E-state index is -0.0846. The number of aromatic nitrogens is 2. The second kappa shape index (κ2) is 4.47. The van der Waals surface area contributed by atoms with Crippen LogP contribution in [0.15, 0.2) is 17.2 Å². The Hall–Kier alpha value is -1.32. The van der Waals surface area contributed by atoms with Crippen molar-refractivity contribution >= 4 is 5.82 Å². The molecule has 1 aliphatic carbocycles. The molecular weight excluding hydrogens is 190 g/mol. The zero-order valence-corrected chi connectivity index (χ0v) is 9.07. The first-order chi connectivity index (χ1) is 7.31. The van der Waals surface area contributed by atoms with Gasteiger partial charge in [0.15, 0.2) is 5.82 Å². The van der Waals surface area contributed by atoms with Crippen LogP contribution in [0.4, 0.5) is 5.82 Å². The Labute approximate surface area is 89.3 Å². The van der Waals surface area contributed by atoms with Gasteiger partial charge in [-0.15, -0.1) is 0 Å². The third-order valence-electron chi connectivity index (χ3n) is 3.07. The molecule has 0 amide bonds. The van der Waals surface area contributed by atoms with Crippen molar-refractivity contribution in [1.82, 2.24) is 9.97 Å². The van der Waals surface area contributed by atoms with Crippen LogP contribution < -0.4 is 10.5 Å². The third-order valence-corrected chi connectivity index (χ3v) is 3.07. The number of aromatic amines is 1. The van der Waals surface area contributed by atoms with Gasteiger partial charge in [0.1, 0.15) is 0 Å². The fourth-order valence-electron chi connectivity index (χ4n) is 1.92. The third kappa shape index (κ3) is 2.19. The molecule has 1 fully saturated rings. The highest BCUT2D eigenvalue weighted by Crippen LogP contribution is 2.27. The van der Waals surface area contributed by atoms with E-state index in [4.69, 9.17) is 0 Å². The molecule has 0 aromatic carbocycles. The van der Waals surface area contributed by atoms with E-state index < -0.39 is 0 Å². The van der Waals surface area contributed by atoms with Crippen molar-refractivity contribution in [2.24, 2.45) is 5.92 Å². The molecule has 0 saturated heterocycles. The lowest BCUT2D eigenvalue weighted by molar-refractivity contribution is 0.318. The van der Waals surface area contributed by atoms with Crippen molar-refractivity contribution in [3.05, 3.63) is 22.7 Å². The quantitative estimate of drug-likeness (QED) is 0.811. The van der Waals surface area contributed by atoms with Crippen LogP contribution >= 0.6 is 0 Å². The monoisotopic (exact) mass is 207 g/mol. The fourth-order valence-corrected chi connectivity index (χ4v) is 1.92. The van der Waals surface area contributed by atoms with E-state index in [0.29, 0.717) is 5.82 Å². The van der Waals surface area contributed by atoms with Gasteiger partial charge in [0.2, 0.25) is 0 Å². The number of nitrogens with zero attached hydrogens (tertiary/aromatic N) is 2. The zero-order chi connectivity index (χ0) is 10.7. The molecule has 15 heavy (non-hydrogen) atoms. The highest BCUT2D eigenvalue weighted by molar-refractivity contribution is 5.34. The maximum absolute atomic E-state index is 11.5. The molecule has 2 rings (SSSR count). The van der Waals surface area contributed by atoms with Gasteiger partial charge >= 0.3 is 0 Å². The Balaban J connectivity index is 2.11. The van der Waals surface area contributed by atoms with Gasteiger partial charge in [0.05, 0.1) is 0 Å². The second-order valence-corrected chi connectivity index (χ2v) is 4.08. The molecule has 1 saturated carbocycles.